The van der Waals surface area contributed by atoms with Crippen molar-refractivity contribution in [3.63, 3.8) is 0 Å². The van der Waals surface area contributed by atoms with Crippen molar-refractivity contribution in [2.24, 2.45) is 29.2 Å². The first-order chi connectivity index (χ1) is 17.7. The Bertz CT molecular complexity index is 770. The van der Waals surface area contributed by atoms with Gasteiger partial charge in [0, 0.05) is 32.4 Å². The van der Waals surface area contributed by atoms with E-state index in [-0.39, 0.29) is 44.2 Å². The van der Waals surface area contributed by atoms with Crippen LogP contribution in [0.5, 0.6) is 0 Å². The minimum atomic E-state index is -1.88. The standard InChI is InChI=1S/C26H49N3O9/c1-13(2)6-7-16(37-25-23(33)21(28)22(32)15(5)36-25)10-19-20(24(34)29-9-8-27)18(31)12-26(35,38-19)11-17(30)14(3)4/h6-7,13-23,25,30-33,35H,8-12,27-28H2,1-5H3,(H,29,34)/b7-6+/t15?,16-,17+,18-,19-,20+,21?,22?,23?,25?,26+/m0/s1. The summed E-state index contributed by atoms with van der Waals surface area (Å²) in [5.41, 5.74) is 11.5. The summed E-state index contributed by atoms with van der Waals surface area (Å²) in [5.74, 6) is -3.45. The van der Waals surface area contributed by atoms with Crippen LogP contribution in [0.1, 0.15) is 53.9 Å². The lowest BCUT2D eigenvalue weighted by molar-refractivity contribution is -0.307. The molecule has 0 aromatic heterocycles. The summed E-state index contributed by atoms with van der Waals surface area (Å²) in [7, 11) is 0. The Kier molecular flexibility index (Phi) is 12.6. The molecule has 0 aromatic rings. The van der Waals surface area contributed by atoms with Crippen LogP contribution in [0, 0.1) is 17.8 Å². The quantitative estimate of drug-likeness (QED) is 0.135. The molecule has 2 rings (SSSR count). The van der Waals surface area contributed by atoms with Gasteiger partial charge in [0.25, 0.3) is 0 Å². The van der Waals surface area contributed by atoms with Gasteiger partial charge in [0.05, 0.1) is 48.6 Å². The molecule has 2 aliphatic rings. The first kappa shape index (κ1) is 33.0. The van der Waals surface area contributed by atoms with Gasteiger partial charge in [0.2, 0.25) is 5.91 Å². The predicted molar refractivity (Wildman–Crippen MR) is 139 cm³/mol. The van der Waals surface area contributed by atoms with Gasteiger partial charge < -0.3 is 56.5 Å². The van der Waals surface area contributed by atoms with Gasteiger partial charge in [-0.15, -0.1) is 0 Å². The second-order valence-corrected chi connectivity index (χ2v) is 11.3. The number of aliphatic hydroxyl groups is 5. The minimum Gasteiger partial charge on any atom is -0.393 e. The normalized spacial score (nSPS) is 38.1. The van der Waals surface area contributed by atoms with Crippen LogP contribution >= 0.6 is 0 Å². The number of carbonyl (C=O) groups excluding carboxylic acids is 1. The molecule has 12 nitrogen and oxygen atoms in total. The molecule has 2 heterocycles. The van der Waals surface area contributed by atoms with Crippen LogP contribution < -0.4 is 16.8 Å². The fourth-order valence-corrected chi connectivity index (χ4v) is 4.76. The molecule has 38 heavy (non-hydrogen) atoms. The Balaban J connectivity index is 2.35. The number of hydrogen-bond donors (Lipinski definition) is 8. The largest absolute Gasteiger partial charge is 0.393 e. The first-order valence-corrected chi connectivity index (χ1v) is 13.5. The predicted octanol–water partition coefficient (Wildman–Crippen LogP) is -1.30. The smallest absolute Gasteiger partial charge is 0.228 e. The topological polar surface area (TPSA) is 210 Å². The van der Waals surface area contributed by atoms with Crippen LogP contribution in [0.3, 0.4) is 0 Å². The molecule has 2 aliphatic heterocycles. The zero-order chi connectivity index (χ0) is 28.8. The molecule has 222 valence electrons. The summed E-state index contributed by atoms with van der Waals surface area (Å²) in [6, 6.07) is -0.997. The average Bonchev–Trinajstić information content (AvgIpc) is 2.82. The van der Waals surface area contributed by atoms with Crippen LogP contribution in [0.25, 0.3) is 0 Å². The van der Waals surface area contributed by atoms with E-state index in [4.69, 9.17) is 25.7 Å². The molecular weight excluding hydrogens is 498 g/mol. The second kappa shape index (κ2) is 14.4. The van der Waals surface area contributed by atoms with E-state index in [1.165, 1.54) is 0 Å². The first-order valence-electron chi connectivity index (χ1n) is 13.5. The lowest BCUT2D eigenvalue weighted by Gasteiger charge is -2.46. The Labute approximate surface area is 225 Å². The Morgan fingerprint density at radius 1 is 1.18 bits per heavy atom. The molecule has 0 spiro atoms. The molecule has 1 amide bonds. The molecule has 11 atom stereocenters. The number of ether oxygens (including phenoxy) is 3. The third kappa shape index (κ3) is 8.91. The van der Waals surface area contributed by atoms with Gasteiger partial charge in [0.15, 0.2) is 12.1 Å². The van der Waals surface area contributed by atoms with E-state index in [2.05, 4.69) is 5.32 Å². The van der Waals surface area contributed by atoms with Crippen molar-refractivity contribution < 1.29 is 44.5 Å². The molecule has 0 aliphatic carbocycles. The van der Waals surface area contributed by atoms with Gasteiger partial charge in [-0.1, -0.05) is 39.8 Å². The Hall–Kier alpha value is -1.19. The SMILES string of the molecule is CC(C)/C=C/[C@@H](C[C@@H]1O[C@](O)(C[C@@H](O)C(C)C)C[C@H](O)[C@H]1C(=O)NCCN)OC1OC(C)C(O)C(N)C1O. The van der Waals surface area contributed by atoms with Gasteiger partial charge in [0.1, 0.15) is 6.10 Å². The number of rotatable bonds is 12. The molecular formula is C26H49N3O9. The van der Waals surface area contributed by atoms with E-state index in [9.17, 15) is 30.3 Å². The maximum atomic E-state index is 13.0. The monoisotopic (exact) mass is 547 g/mol. The molecule has 10 N–H and O–H groups in total. The Morgan fingerprint density at radius 2 is 1.84 bits per heavy atom. The van der Waals surface area contributed by atoms with Crippen molar-refractivity contribution in [1.29, 1.82) is 0 Å². The molecule has 12 heteroatoms. The van der Waals surface area contributed by atoms with Crippen LogP contribution in [0.2, 0.25) is 0 Å². The number of nitrogens with one attached hydrogen (secondary N) is 1. The summed E-state index contributed by atoms with van der Waals surface area (Å²) in [6.45, 7) is 9.53. The average molecular weight is 548 g/mol. The van der Waals surface area contributed by atoms with E-state index < -0.39 is 72.7 Å². The molecule has 0 radical (unpaired) electrons. The molecule has 2 fully saturated rings. The molecule has 0 aromatic carbocycles. The van der Waals surface area contributed by atoms with E-state index in [0.29, 0.717) is 0 Å². The second-order valence-electron chi connectivity index (χ2n) is 11.3. The summed E-state index contributed by atoms with van der Waals surface area (Å²) in [6.07, 6.45) is -5.07. The molecule has 5 unspecified atom stereocenters. The highest BCUT2D eigenvalue weighted by molar-refractivity contribution is 5.80. The van der Waals surface area contributed by atoms with Crippen molar-refractivity contribution in [2.45, 2.75) is 115 Å². The van der Waals surface area contributed by atoms with E-state index in [0.717, 1.165) is 0 Å². The summed E-state index contributed by atoms with van der Waals surface area (Å²) >= 11 is 0. The number of carbonyl (C=O) groups is 1. The van der Waals surface area contributed by atoms with Gasteiger partial charge in [-0.3, -0.25) is 4.79 Å². The summed E-state index contributed by atoms with van der Waals surface area (Å²) in [4.78, 5) is 13.0. The van der Waals surface area contributed by atoms with Crippen LogP contribution in [-0.2, 0) is 19.0 Å². The van der Waals surface area contributed by atoms with Crippen molar-refractivity contribution in [2.75, 3.05) is 13.1 Å². The molecule has 2 saturated heterocycles. The number of amides is 1. The molecule has 0 saturated carbocycles. The highest BCUT2D eigenvalue weighted by Crippen LogP contribution is 2.38. The van der Waals surface area contributed by atoms with Gasteiger partial charge in [-0.05, 0) is 18.8 Å². The Morgan fingerprint density at radius 3 is 2.42 bits per heavy atom. The maximum Gasteiger partial charge on any atom is 0.228 e. The third-order valence-electron chi connectivity index (χ3n) is 7.14. The van der Waals surface area contributed by atoms with E-state index >= 15 is 0 Å². The van der Waals surface area contributed by atoms with Crippen LogP contribution in [-0.4, -0.2) is 105 Å². The lowest BCUT2D eigenvalue weighted by atomic mass is 9.81. The van der Waals surface area contributed by atoms with Crippen molar-refractivity contribution in [3.8, 4) is 0 Å². The summed E-state index contributed by atoms with van der Waals surface area (Å²) < 4.78 is 17.8. The van der Waals surface area contributed by atoms with Crippen molar-refractivity contribution in [1.82, 2.24) is 5.32 Å². The maximum absolute atomic E-state index is 13.0. The van der Waals surface area contributed by atoms with E-state index in [1.54, 1.807) is 26.8 Å². The number of aliphatic hydroxyl groups excluding tert-OH is 4. The minimum absolute atomic E-state index is 0.000171. The number of hydrogen-bond acceptors (Lipinski definition) is 11. The van der Waals surface area contributed by atoms with Gasteiger partial charge in [-0.25, -0.2) is 0 Å². The highest BCUT2D eigenvalue weighted by Gasteiger charge is 2.50. The van der Waals surface area contributed by atoms with Crippen molar-refractivity contribution in [3.05, 3.63) is 12.2 Å². The zero-order valence-electron chi connectivity index (χ0n) is 23.1. The summed E-state index contributed by atoms with van der Waals surface area (Å²) in [5, 5.41) is 56.1. The molecule has 0 bridgehead atoms. The number of nitrogens with two attached hydrogens (primary N) is 2. The fraction of sp³-hybridized carbons (Fsp3) is 0.885. The number of allylic oxidation sites excluding steroid dienone is 1. The van der Waals surface area contributed by atoms with Gasteiger partial charge in [-0.2, -0.15) is 0 Å². The lowest BCUT2D eigenvalue weighted by Crippen LogP contribution is -2.62. The highest BCUT2D eigenvalue weighted by atomic mass is 16.7. The fourth-order valence-electron chi connectivity index (χ4n) is 4.76. The van der Waals surface area contributed by atoms with Crippen molar-refractivity contribution >= 4 is 5.91 Å². The van der Waals surface area contributed by atoms with Crippen LogP contribution in [0.15, 0.2) is 12.2 Å². The van der Waals surface area contributed by atoms with Gasteiger partial charge >= 0.3 is 0 Å². The third-order valence-corrected chi connectivity index (χ3v) is 7.14. The zero-order valence-corrected chi connectivity index (χ0v) is 23.1. The van der Waals surface area contributed by atoms with Crippen LogP contribution in [0.4, 0.5) is 0 Å². The van der Waals surface area contributed by atoms with E-state index in [1.807, 2.05) is 19.9 Å².